The van der Waals surface area contributed by atoms with Crippen molar-refractivity contribution in [2.24, 2.45) is 0 Å². The fourth-order valence-electron chi connectivity index (χ4n) is 3.32. The van der Waals surface area contributed by atoms with E-state index in [0.29, 0.717) is 47.7 Å². The number of aromatic nitrogens is 1. The molecule has 1 aliphatic rings. The Hall–Kier alpha value is -1.06. The summed E-state index contributed by atoms with van der Waals surface area (Å²) in [5.74, 6) is 0. The third kappa shape index (κ3) is 5.14. The van der Waals surface area contributed by atoms with Crippen LogP contribution in [0.1, 0.15) is 11.3 Å². The van der Waals surface area contributed by atoms with Crippen LogP contribution in [0.3, 0.4) is 0 Å². The Bertz CT molecular complexity index is 1210. The van der Waals surface area contributed by atoms with E-state index in [1.165, 1.54) is 27.8 Å². The van der Waals surface area contributed by atoms with Gasteiger partial charge in [0.05, 0.1) is 10.7 Å². The number of sulfonamides is 1. The maximum absolute atomic E-state index is 13.0. The summed E-state index contributed by atoms with van der Waals surface area (Å²) >= 11 is 25.8. The third-order valence-electron chi connectivity index (χ3n) is 4.95. The fraction of sp³-hybridized carbons (Fsp3) is 0.250. The van der Waals surface area contributed by atoms with Crippen LogP contribution in [0, 0.1) is 0 Å². The van der Waals surface area contributed by atoms with Gasteiger partial charge in [-0.1, -0.05) is 52.5 Å². The zero-order valence-electron chi connectivity index (χ0n) is 16.1. The fourth-order valence-corrected chi connectivity index (χ4v) is 6.83. The van der Waals surface area contributed by atoms with Crippen LogP contribution in [-0.4, -0.2) is 43.9 Å². The summed E-state index contributed by atoms with van der Waals surface area (Å²) in [6, 6.07) is 9.88. The minimum absolute atomic E-state index is 0.0338. The van der Waals surface area contributed by atoms with Crippen LogP contribution in [0.4, 0.5) is 5.13 Å². The van der Waals surface area contributed by atoms with Crippen molar-refractivity contribution >= 4 is 72.9 Å². The van der Waals surface area contributed by atoms with Gasteiger partial charge < -0.3 is 4.90 Å². The highest BCUT2D eigenvalue weighted by Crippen LogP contribution is 2.30. The number of anilines is 1. The van der Waals surface area contributed by atoms with Crippen LogP contribution in [0.15, 0.2) is 46.7 Å². The van der Waals surface area contributed by atoms with Gasteiger partial charge in [-0.2, -0.15) is 4.31 Å². The predicted octanol–water partition coefficient (Wildman–Crippen LogP) is 5.86. The minimum atomic E-state index is -3.72. The summed E-state index contributed by atoms with van der Waals surface area (Å²) in [5, 5.41) is 4.56. The molecule has 0 atom stereocenters. The molecule has 0 saturated carbocycles. The normalized spacial score (nSPS) is 15.4. The first-order valence-electron chi connectivity index (χ1n) is 9.32. The van der Waals surface area contributed by atoms with Crippen LogP contribution >= 0.6 is 57.7 Å². The predicted molar refractivity (Wildman–Crippen MR) is 129 cm³/mol. The van der Waals surface area contributed by atoms with Gasteiger partial charge in [0.15, 0.2) is 5.13 Å². The summed E-state index contributed by atoms with van der Waals surface area (Å²) in [6.45, 7) is 1.74. The van der Waals surface area contributed by atoms with E-state index in [0.717, 1.165) is 16.4 Å². The van der Waals surface area contributed by atoms with Gasteiger partial charge >= 0.3 is 0 Å². The van der Waals surface area contributed by atoms with Crippen LogP contribution in [0.2, 0.25) is 20.1 Å². The Kier molecular flexibility index (Phi) is 7.03. The lowest BCUT2D eigenvalue weighted by Gasteiger charge is -2.34. The summed E-state index contributed by atoms with van der Waals surface area (Å²) in [6.07, 6.45) is 0.605. The number of hydrogen-bond acceptors (Lipinski definition) is 5. The second-order valence-electron chi connectivity index (χ2n) is 7.00. The van der Waals surface area contributed by atoms with E-state index < -0.39 is 10.0 Å². The number of rotatable bonds is 5. The van der Waals surface area contributed by atoms with Crippen molar-refractivity contribution in [3.63, 3.8) is 0 Å². The molecule has 1 saturated heterocycles. The Balaban J connectivity index is 1.43. The molecule has 1 fully saturated rings. The zero-order chi connectivity index (χ0) is 22.2. The van der Waals surface area contributed by atoms with E-state index in [2.05, 4.69) is 4.90 Å². The van der Waals surface area contributed by atoms with Crippen molar-refractivity contribution in [3.05, 3.63) is 73.1 Å². The molecule has 0 spiro atoms. The highest BCUT2D eigenvalue weighted by Gasteiger charge is 2.31. The number of halogens is 4. The Morgan fingerprint density at radius 3 is 2.29 bits per heavy atom. The van der Waals surface area contributed by atoms with Crippen molar-refractivity contribution in [1.82, 2.24) is 9.29 Å². The van der Waals surface area contributed by atoms with Gasteiger partial charge in [0.2, 0.25) is 10.0 Å². The number of hydrogen-bond donors (Lipinski definition) is 0. The minimum Gasteiger partial charge on any atom is -0.345 e. The molecule has 0 unspecified atom stereocenters. The van der Waals surface area contributed by atoms with E-state index in [4.69, 9.17) is 51.4 Å². The van der Waals surface area contributed by atoms with Crippen molar-refractivity contribution in [2.45, 2.75) is 11.3 Å². The molecular weight excluding hydrogens is 520 g/mol. The van der Waals surface area contributed by atoms with Gasteiger partial charge in [0, 0.05) is 53.0 Å². The summed E-state index contributed by atoms with van der Waals surface area (Å²) in [7, 11) is -3.72. The average molecular weight is 537 g/mol. The molecular formula is C20H17Cl4N3O2S2. The van der Waals surface area contributed by atoms with Gasteiger partial charge in [0.1, 0.15) is 4.90 Å². The van der Waals surface area contributed by atoms with Crippen molar-refractivity contribution in [3.8, 4) is 0 Å². The second kappa shape index (κ2) is 9.43. The number of benzene rings is 2. The maximum Gasteiger partial charge on any atom is 0.244 e. The third-order valence-corrected chi connectivity index (χ3v) is 9.10. The van der Waals surface area contributed by atoms with E-state index in [1.807, 2.05) is 17.5 Å². The largest absolute Gasteiger partial charge is 0.345 e. The summed E-state index contributed by atoms with van der Waals surface area (Å²) in [4.78, 5) is 6.83. The van der Waals surface area contributed by atoms with E-state index in [-0.39, 0.29) is 9.92 Å². The molecule has 1 aliphatic heterocycles. The van der Waals surface area contributed by atoms with Crippen molar-refractivity contribution in [1.29, 1.82) is 0 Å². The molecule has 0 N–H and O–H groups in total. The maximum atomic E-state index is 13.0. The molecule has 5 nitrogen and oxygen atoms in total. The molecule has 0 radical (unpaired) electrons. The quantitative estimate of drug-likeness (QED) is 0.410. The van der Waals surface area contributed by atoms with Gasteiger partial charge in [-0.3, -0.25) is 0 Å². The van der Waals surface area contributed by atoms with Crippen molar-refractivity contribution in [2.75, 3.05) is 31.1 Å². The SMILES string of the molecule is O=S(=O)(c1cc(Cl)ccc1Cl)N1CCN(c2nc(Cc3ccc(Cl)cc3Cl)cs2)CC1. The van der Waals surface area contributed by atoms with Gasteiger partial charge in [-0.25, -0.2) is 13.4 Å². The van der Waals surface area contributed by atoms with Gasteiger partial charge in [0.25, 0.3) is 0 Å². The van der Waals surface area contributed by atoms with Gasteiger partial charge in [-0.15, -0.1) is 11.3 Å². The molecule has 164 valence electrons. The molecule has 2 aromatic carbocycles. The van der Waals surface area contributed by atoms with E-state index in [9.17, 15) is 8.42 Å². The first-order chi connectivity index (χ1) is 14.7. The van der Waals surface area contributed by atoms with Crippen LogP contribution in [0.25, 0.3) is 0 Å². The topological polar surface area (TPSA) is 53.5 Å². The van der Waals surface area contributed by atoms with E-state index >= 15 is 0 Å². The summed E-state index contributed by atoms with van der Waals surface area (Å²) in [5.41, 5.74) is 1.86. The lowest BCUT2D eigenvalue weighted by molar-refractivity contribution is 0.384. The molecule has 0 aliphatic carbocycles. The monoisotopic (exact) mass is 535 g/mol. The van der Waals surface area contributed by atoms with Crippen molar-refractivity contribution < 1.29 is 8.42 Å². The second-order valence-corrected chi connectivity index (χ2v) is 11.4. The lowest BCUT2D eigenvalue weighted by atomic mass is 10.1. The molecule has 3 aromatic rings. The van der Waals surface area contributed by atoms with Crippen LogP contribution in [0.5, 0.6) is 0 Å². The molecule has 1 aromatic heterocycles. The molecule has 31 heavy (non-hydrogen) atoms. The smallest absolute Gasteiger partial charge is 0.244 e. The Labute approximate surface area is 205 Å². The number of thiazole rings is 1. The summed E-state index contributed by atoms with van der Waals surface area (Å²) < 4.78 is 27.4. The molecule has 0 bridgehead atoms. The first-order valence-corrected chi connectivity index (χ1v) is 13.2. The molecule has 0 amide bonds. The van der Waals surface area contributed by atoms with E-state index in [1.54, 1.807) is 12.1 Å². The van der Waals surface area contributed by atoms with Gasteiger partial charge in [-0.05, 0) is 35.9 Å². The standard InChI is InChI=1S/C20H17Cl4N3O2S2/c21-14-2-1-13(18(24)10-14)9-16-12-30-20(25-16)26-5-7-27(8-6-26)31(28,29)19-11-15(22)3-4-17(19)23/h1-4,10-12H,5-9H2. The highest BCUT2D eigenvalue weighted by molar-refractivity contribution is 7.89. The lowest BCUT2D eigenvalue weighted by Crippen LogP contribution is -2.48. The average Bonchev–Trinajstić information content (AvgIpc) is 3.20. The number of piperazine rings is 1. The molecule has 2 heterocycles. The van der Waals surface area contributed by atoms with Crippen LogP contribution in [-0.2, 0) is 16.4 Å². The zero-order valence-corrected chi connectivity index (χ0v) is 20.7. The molecule has 11 heteroatoms. The van der Waals surface area contributed by atoms with Crippen LogP contribution < -0.4 is 4.90 Å². The Morgan fingerprint density at radius 2 is 1.58 bits per heavy atom. The first kappa shape index (κ1) is 23.1. The highest BCUT2D eigenvalue weighted by atomic mass is 35.5. The number of nitrogens with zero attached hydrogens (tertiary/aromatic N) is 3. The molecule has 4 rings (SSSR count). The Morgan fingerprint density at radius 1 is 0.903 bits per heavy atom.